The second-order valence-corrected chi connectivity index (χ2v) is 2.51. The molecular formula is C7H8N2O. The third-order valence-corrected chi connectivity index (χ3v) is 1.88. The van der Waals surface area contributed by atoms with Crippen molar-refractivity contribution >= 4 is 5.78 Å². The Morgan fingerprint density at radius 1 is 1.70 bits per heavy atom. The molecule has 0 aliphatic heterocycles. The molecule has 0 saturated heterocycles. The molecule has 1 aromatic rings. The van der Waals surface area contributed by atoms with Crippen LogP contribution in [0.25, 0.3) is 0 Å². The van der Waals surface area contributed by atoms with E-state index in [0.717, 1.165) is 12.8 Å². The molecule has 1 atom stereocenters. The lowest BCUT2D eigenvalue weighted by Gasteiger charge is -2.23. The minimum atomic E-state index is 0.0509. The van der Waals surface area contributed by atoms with Gasteiger partial charge in [0.1, 0.15) is 6.04 Å². The summed E-state index contributed by atoms with van der Waals surface area (Å²) in [6, 6.07) is 1.89. The highest BCUT2D eigenvalue weighted by Gasteiger charge is 2.29. The van der Waals surface area contributed by atoms with Gasteiger partial charge in [0, 0.05) is 18.8 Å². The van der Waals surface area contributed by atoms with Crippen LogP contribution in [0.15, 0.2) is 18.5 Å². The second kappa shape index (κ2) is 1.94. The maximum Gasteiger partial charge on any atom is 0.157 e. The Labute approximate surface area is 58.7 Å². The van der Waals surface area contributed by atoms with E-state index in [-0.39, 0.29) is 6.04 Å². The molecule has 2 rings (SSSR count). The van der Waals surface area contributed by atoms with Gasteiger partial charge in [0.25, 0.3) is 0 Å². The quantitative estimate of drug-likeness (QED) is 0.572. The summed E-state index contributed by atoms with van der Waals surface area (Å²) in [6.07, 6.45) is 5.22. The molecule has 1 heterocycles. The molecule has 1 unspecified atom stereocenters. The maximum atomic E-state index is 10.9. The fourth-order valence-electron chi connectivity index (χ4n) is 1.14. The van der Waals surface area contributed by atoms with E-state index in [1.54, 1.807) is 10.9 Å². The largest absolute Gasteiger partial charge is 0.297 e. The first-order valence-electron chi connectivity index (χ1n) is 3.40. The molecule has 3 heteroatoms. The summed E-state index contributed by atoms with van der Waals surface area (Å²) in [4.78, 5) is 10.9. The molecule has 10 heavy (non-hydrogen) atoms. The smallest absolute Gasteiger partial charge is 0.157 e. The Morgan fingerprint density at radius 2 is 2.60 bits per heavy atom. The van der Waals surface area contributed by atoms with Crippen LogP contribution in [-0.2, 0) is 4.79 Å². The van der Waals surface area contributed by atoms with Crippen molar-refractivity contribution in [3.63, 3.8) is 0 Å². The molecule has 1 fully saturated rings. The van der Waals surface area contributed by atoms with Gasteiger partial charge >= 0.3 is 0 Å². The van der Waals surface area contributed by atoms with E-state index in [4.69, 9.17) is 0 Å². The van der Waals surface area contributed by atoms with Crippen LogP contribution in [0.4, 0.5) is 0 Å². The van der Waals surface area contributed by atoms with Gasteiger partial charge in [-0.25, -0.2) is 0 Å². The molecule has 1 saturated carbocycles. The van der Waals surface area contributed by atoms with E-state index in [9.17, 15) is 4.79 Å². The minimum absolute atomic E-state index is 0.0509. The third kappa shape index (κ3) is 0.667. The van der Waals surface area contributed by atoms with Crippen LogP contribution in [0.2, 0.25) is 0 Å². The number of carbonyl (C=O) groups is 1. The van der Waals surface area contributed by atoms with Crippen LogP contribution in [0.3, 0.4) is 0 Å². The molecular weight excluding hydrogens is 128 g/mol. The number of nitrogens with zero attached hydrogens (tertiary/aromatic N) is 2. The first kappa shape index (κ1) is 5.65. The summed E-state index contributed by atoms with van der Waals surface area (Å²) >= 11 is 0. The summed E-state index contributed by atoms with van der Waals surface area (Å²) in [5.41, 5.74) is 0. The number of ketones is 1. The topological polar surface area (TPSA) is 34.9 Å². The molecule has 1 aliphatic carbocycles. The number of carbonyl (C=O) groups excluding carboxylic acids is 1. The molecule has 3 nitrogen and oxygen atoms in total. The van der Waals surface area contributed by atoms with Gasteiger partial charge in [-0.2, -0.15) is 5.10 Å². The highest BCUT2D eigenvalue weighted by atomic mass is 16.1. The number of aromatic nitrogens is 2. The zero-order valence-electron chi connectivity index (χ0n) is 5.53. The van der Waals surface area contributed by atoms with Crippen LogP contribution in [0.5, 0.6) is 0 Å². The monoisotopic (exact) mass is 136 g/mol. The lowest BCUT2D eigenvalue weighted by molar-refractivity contribution is -0.128. The predicted octanol–water partition coefficient (Wildman–Crippen LogP) is 0.787. The summed E-state index contributed by atoms with van der Waals surface area (Å²) < 4.78 is 1.73. The van der Waals surface area contributed by atoms with Crippen LogP contribution in [0.1, 0.15) is 18.9 Å². The van der Waals surface area contributed by atoms with E-state index < -0.39 is 0 Å². The molecule has 1 aliphatic rings. The van der Waals surface area contributed by atoms with Gasteiger partial charge < -0.3 is 0 Å². The molecule has 0 bridgehead atoms. The average molecular weight is 136 g/mol. The summed E-state index contributed by atoms with van der Waals surface area (Å²) in [5, 5.41) is 3.98. The Hall–Kier alpha value is -1.12. The van der Waals surface area contributed by atoms with Crippen molar-refractivity contribution < 1.29 is 4.79 Å². The number of rotatable bonds is 1. The highest BCUT2D eigenvalue weighted by molar-refractivity contribution is 5.87. The molecule has 0 radical (unpaired) electrons. The lowest BCUT2D eigenvalue weighted by Crippen LogP contribution is -2.29. The minimum Gasteiger partial charge on any atom is -0.297 e. The summed E-state index contributed by atoms with van der Waals surface area (Å²) in [7, 11) is 0. The third-order valence-electron chi connectivity index (χ3n) is 1.88. The molecule has 0 amide bonds. The van der Waals surface area contributed by atoms with Crippen LogP contribution in [-0.4, -0.2) is 15.6 Å². The average Bonchev–Trinajstić information content (AvgIpc) is 2.37. The van der Waals surface area contributed by atoms with Gasteiger partial charge in [-0.3, -0.25) is 9.48 Å². The van der Waals surface area contributed by atoms with Crippen molar-refractivity contribution in [1.29, 1.82) is 0 Å². The van der Waals surface area contributed by atoms with Gasteiger partial charge in [-0.1, -0.05) is 0 Å². The molecule has 0 N–H and O–H groups in total. The summed E-state index contributed by atoms with van der Waals surface area (Å²) in [5.74, 6) is 0.309. The second-order valence-electron chi connectivity index (χ2n) is 2.51. The van der Waals surface area contributed by atoms with E-state index in [1.165, 1.54) is 0 Å². The van der Waals surface area contributed by atoms with Crippen LogP contribution >= 0.6 is 0 Å². The van der Waals surface area contributed by atoms with Gasteiger partial charge in [0.2, 0.25) is 0 Å². The SMILES string of the molecule is O=C1CCC1n1cccn1. The highest BCUT2D eigenvalue weighted by Crippen LogP contribution is 2.26. The fraction of sp³-hybridized carbons (Fsp3) is 0.429. The van der Waals surface area contributed by atoms with Gasteiger partial charge in [-0.15, -0.1) is 0 Å². The predicted molar refractivity (Wildman–Crippen MR) is 35.5 cm³/mol. The Bertz CT molecular complexity index is 240. The van der Waals surface area contributed by atoms with Gasteiger partial charge in [0.15, 0.2) is 5.78 Å². The molecule has 1 aromatic heterocycles. The van der Waals surface area contributed by atoms with Gasteiger partial charge in [0.05, 0.1) is 0 Å². The fourth-order valence-corrected chi connectivity index (χ4v) is 1.14. The van der Waals surface area contributed by atoms with Crippen LogP contribution in [0, 0.1) is 0 Å². The van der Waals surface area contributed by atoms with Crippen molar-refractivity contribution in [2.45, 2.75) is 18.9 Å². The van der Waals surface area contributed by atoms with E-state index >= 15 is 0 Å². The van der Waals surface area contributed by atoms with Crippen molar-refractivity contribution in [3.05, 3.63) is 18.5 Å². The molecule has 0 spiro atoms. The van der Waals surface area contributed by atoms with Crippen molar-refractivity contribution in [2.75, 3.05) is 0 Å². The number of hydrogen-bond acceptors (Lipinski definition) is 2. The van der Waals surface area contributed by atoms with Crippen molar-refractivity contribution in [3.8, 4) is 0 Å². The normalized spacial score (nSPS) is 24.4. The van der Waals surface area contributed by atoms with Crippen molar-refractivity contribution in [1.82, 2.24) is 9.78 Å². The molecule has 0 aromatic carbocycles. The Kier molecular flexibility index (Phi) is 1.09. The Morgan fingerprint density at radius 3 is 3.00 bits per heavy atom. The molecule has 52 valence electrons. The first-order chi connectivity index (χ1) is 4.88. The zero-order valence-corrected chi connectivity index (χ0v) is 5.53. The van der Waals surface area contributed by atoms with E-state index in [0.29, 0.717) is 5.78 Å². The maximum absolute atomic E-state index is 10.9. The Balaban J connectivity index is 2.21. The lowest BCUT2D eigenvalue weighted by atomic mass is 9.92. The van der Waals surface area contributed by atoms with E-state index in [2.05, 4.69) is 5.10 Å². The van der Waals surface area contributed by atoms with E-state index in [1.807, 2.05) is 12.3 Å². The summed E-state index contributed by atoms with van der Waals surface area (Å²) in [6.45, 7) is 0. The number of hydrogen-bond donors (Lipinski definition) is 0. The standard InChI is InChI=1S/C7H8N2O/c10-7-3-2-6(7)9-5-1-4-8-9/h1,4-6H,2-3H2. The van der Waals surface area contributed by atoms with Crippen LogP contribution < -0.4 is 0 Å². The first-order valence-corrected chi connectivity index (χ1v) is 3.40. The number of Topliss-reactive ketones (excluding diaryl/α,β-unsaturated/α-hetero) is 1. The van der Waals surface area contributed by atoms with Crippen molar-refractivity contribution in [2.24, 2.45) is 0 Å². The van der Waals surface area contributed by atoms with Gasteiger partial charge in [-0.05, 0) is 12.5 Å². The zero-order chi connectivity index (χ0) is 6.97.